The minimum absolute atomic E-state index is 0.00882. The van der Waals surface area contributed by atoms with Crippen molar-refractivity contribution in [3.05, 3.63) is 23.3 Å². The molecule has 0 spiro atoms. The summed E-state index contributed by atoms with van der Waals surface area (Å²) in [6, 6.07) is 3.53. The van der Waals surface area contributed by atoms with Crippen molar-refractivity contribution in [2.75, 3.05) is 20.8 Å². The quantitative estimate of drug-likeness (QED) is 0.805. The third kappa shape index (κ3) is 2.68. The summed E-state index contributed by atoms with van der Waals surface area (Å²) in [4.78, 5) is 11.2. The van der Waals surface area contributed by atoms with Gasteiger partial charge in [-0.25, -0.2) is 0 Å². The Hall–Kier alpha value is -1.75. The maximum absolute atomic E-state index is 11.2. The number of aryl methyl sites for hydroxylation is 1. The average Bonchev–Trinajstić information content (AvgIpc) is 2.30. The summed E-state index contributed by atoms with van der Waals surface area (Å²) < 4.78 is 10.4. The topological polar surface area (TPSA) is 81.8 Å². The zero-order chi connectivity index (χ0) is 13.0. The molecule has 0 saturated carbocycles. The number of carboxylic acid groups (broad SMARTS) is 1. The Balaban J connectivity index is 3.41. The molecule has 0 aliphatic carbocycles. The second kappa shape index (κ2) is 5.54. The van der Waals surface area contributed by atoms with Crippen LogP contribution in [0.25, 0.3) is 0 Å². The molecule has 0 saturated heterocycles. The lowest BCUT2D eigenvalue weighted by atomic mass is 9.96. The first-order valence-electron chi connectivity index (χ1n) is 5.20. The third-order valence-electron chi connectivity index (χ3n) is 2.57. The van der Waals surface area contributed by atoms with E-state index in [4.69, 9.17) is 20.3 Å². The maximum atomic E-state index is 11.2. The van der Waals surface area contributed by atoms with E-state index in [0.717, 1.165) is 5.56 Å². The van der Waals surface area contributed by atoms with Gasteiger partial charge in [0.1, 0.15) is 17.4 Å². The van der Waals surface area contributed by atoms with Crippen LogP contribution in [0.15, 0.2) is 12.1 Å². The number of aliphatic carboxylic acids is 1. The second-order valence-corrected chi connectivity index (χ2v) is 3.71. The van der Waals surface area contributed by atoms with Crippen molar-refractivity contribution in [3.8, 4) is 11.5 Å². The van der Waals surface area contributed by atoms with Crippen LogP contribution in [-0.4, -0.2) is 31.8 Å². The number of hydrogen-bond donors (Lipinski definition) is 2. The van der Waals surface area contributed by atoms with Crippen LogP contribution in [0, 0.1) is 6.92 Å². The molecule has 1 atom stereocenters. The third-order valence-corrected chi connectivity index (χ3v) is 2.57. The molecule has 5 heteroatoms. The highest BCUT2D eigenvalue weighted by Crippen LogP contribution is 2.36. The first kappa shape index (κ1) is 13.3. The molecule has 0 aliphatic rings. The summed E-state index contributed by atoms with van der Waals surface area (Å²) in [6.07, 6.45) is 0. The SMILES string of the molecule is COc1cc(C)cc(OC)c1C(CN)C(=O)O. The number of hydrogen-bond acceptors (Lipinski definition) is 4. The standard InChI is InChI=1S/C12H17NO4/c1-7-4-9(16-2)11(10(5-7)17-3)8(6-13)12(14)15/h4-5,8H,6,13H2,1-3H3,(H,14,15). The van der Waals surface area contributed by atoms with E-state index in [2.05, 4.69) is 0 Å². The van der Waals surface area contributed by atoms with Gasteiger partial charge in [0.05, 0.1) is 19.8 Å². The predicted molar refractivity (Wildman–Crippen MR) is 63.7 cm³/mol. The van der Waals surface area contributed by atoms with Crippen molar-refractivity contribution >= 4 is 5.97 Å². The van der Waals surface area contributed by atoms with Gasteiger partial charge >= 0.3 is 5.97 Å². The number of ether oxygens (including phenoxy) is 2. The highest BCUT2D eigenvalue weighted by Gasteiger charge is 2.26. The summed E-state index contributed by atoms with van der Waals surface area (Å²) in [5, 5.41) is 9.14. The van der Waals surface area contributed by atoms with E-state index in [1.165, 1.54) is 14.2 Å². The Kier molecular flexibility index (Phi) is 4.34. The van der Waals surface area contributed by atoms with Gasteiger partial charge in [-0.1, -0.05) is 0 Å². The normalized spacial score (nSPS) is 12.0. The molecule has 5 nitrogen and oxygen atoms in total. The minimum Gasteiger partial charge on any atom is -0.496 e. The molecule has 0 heterocycles. The minimum atomic E-state index is -0.993. The van der Waals surface area contributed by atoms with Crippen molar-refractivity contribution in [2.24, 2.45) is 5.73 Å². The lowest BCUT2D eigenvalue weighted by Crippen LogP contribution is -2.22. The number of benzene rings is 1. The first-order chi connectivity index (χ1) is 8.04. The molecule has 0 aliphatic heterocycles. The Morgan fingerprint density at radius 3 is 2.12 bits per heavy atom. The lowest BCUT2D eigenvalue weighted by Gasteiger charge is -2.18. The molecule has 94 valence electrons. The fourth-order valence-corrected chi connectivity index (χ4v) is 1.76. The van der Waals surface area contributed by atoms with Crippen LogP contribution in [0.4, 0.5) is 0 Å². The van der Waals surface area contributed by atoms with Crippen molar-refractivity contribution in [1.82, 2.24) is 0 Å². The van der Waals surface area contributed by atoms with Crippen molar-refractivity contribution < 1.29 is 19.4 Å². The van der Waals surface area contributed by atoms with Gasteiger partial charge in [0.2, 0.25) is 0 Å². The number of carbonyl (C=O) groups is 1. The summed E-state index contributed by atoms with van der Waals surface area (Å²) in [7, 11) is 2.99. The highest BCUT2D eigenvalue weighted by molar-refractivity contribution is 5.79. The molecular weight excluding hydrogens is 222 g/mol. The van der Waals surface area contributed by atoms with E-state index in [9.17, 15) is 4.79 Å². The van der Waals surface area contributed by atoms with Gasteiger partial charge in [0, 0.05) is 6.54 Å². The lowest BCUT2D eigenvalue weighted by molar-refractivity contribution is -0.138. The second-order valence-electron chi connectivity index (χ2n) is 3.71. The molecule has 1 aromatic carbocycles. The molecule has 1 rings (SSSR count). The van der Waals surface area contributed by atoms with Gasteiger partial charge in [0.15, 0.2) is 0 Å². The van der Waals surface area contributed by atoms with Crippen molar-refractivity contribution in [2.45, 2.75) is 12.8 Å². The Morgan fingerprint density at radius 1 is 1.35 bits per heavy atom. The van der Waals surface area contributed by atoms with E-state index < -0.39 is 11.9 Å². The summed E-state index contributed by atoms with van der Waals surface area (Å²) in [5.41, 5.74) is 6.91. The van der Waals surface area contributed by atoms with Crippen LogP contribution in [-0.2, 0) is 4.79 Å². The molecule has 0 aromatic heterocycles. The number of rotatable bonds is 5. The van der Waals surface area contributed by atoms with E-state index in [1.807, 2.05) is 6.92 Å². The molecule has 1 unspecified atom stereocenters. The monoisotopic (exact) mass is 239 g/mol. The van der Waals surface area contributed by atoms with Crippen LogP contribution in [0.1, 0.15) is 17.0 Å². The van der Waals surface area contributed by atoms with Gasteiger partial charge in [-0.2, -0.15) is 0 Å². The zero-order valence-electron chi connectivity index (χ0n) is 10.2. The number of methoxy groups -OCH3 is 2. The summed E-state index contributed by atoms with van der Waals surface area (Å²) >= 11 is 0. The molecule has 1 aromatic rings. The van der Waals surface area contributed by atoms with Gasteiger partial charge in [-0.15, -0.1) is 0 Å². The van der Waals surface area contributed by atoms with Crippen molar-refractivity contribution in [1.29, 1.82) is 0 Å². The largest absolute Gasteiger partial charge is 0.496 e. The van der Waals surface area contributed by atoms with Crippen LogP contribution in [0.2, 0.25) is 0 Å². The highest BCUT2D eigenvalue weighted by atomic mass is 16.5. The number of nitrogens with two attached hydrogens (primary N) is 1. The summed E-state index contributed by atoms with van der Waals surface area (Å²) in [6.45, 7) is 1.87. The summed E-state index contributed by atoms with van der Waals surface area (Å²) in [5.74, 6) is -0.854. The fraction of sp³-hybridized carbons (Fsp3) is 0.417. The fourth-order valence-electron chi connectivity index (χ4n) is 1.76. The van der Waals surface area contributed by atoms with Crippen LogP contribution < -0.4 is 15.2 Å². The molecule has 17 heavy (non-hydrogen) atoms. The van der Waals surface area contributed by atoms with Crippen LogP contribution in [0.3, 0.4) is 0 Å². The van der Waals surface area contributed by atoms with E-state index in [-0.39, 0.29) is 6.54 Å². The first-order valence-corrected chi connectivity index (χ1v) is 5.20. The Bertz CT molecular complexity index is 392. The van der Waals surface area contributed by atoms with Gasteiger partial charge in [0.25, 0.3) is 0 Å². The number of carboxylic acids is 1. The van der Waals surface area contributed by atoms with E-state index in [1.54, 1.807) is 12.1 Å². The Morgan fingerprint density at radius 2 is 1.82 bits per heavy atom. The maximum Gasteiger partial charge on any atom is 0.312 e. The molecule has 3 N–H and O–H groups in total. The Labute approximate surface area is 100 Å². The van der Waals surface area contributed by atoms with Gasteiger partial charge in [-0.05, 0) is 24.6 Å². The molecule has 0 bridgehead atoms. The van der Waals surface area contributed by atoms with Crippen molar-refractivity contribution in [3.63, 3.8) is 0 Å². The van der Waals surface area contributed by atoms with Crippen LogP contribution in [0.5, 0.6) is 11.5 Å². The van der Waals surface area contributed by atoms with Gasteiger partial charge < -0.3 is 20.3 Å². The molecular formula is C12H17NO4. The van der Waals surface area contributed by atoms with E-state index in [0.29, 0.717) is 17.1 Å². The van der Waals surface area contributed by atoms with Gasteiger partial charge in [-0.3, -0.25) is 4.79 Å². The molecule has 0 radical (unpaired) electrons. The average molecular weight is 239 g/mol. The van der Waals surface area contributed by atoms with Crippen LogP contribution >= 0.6 is 0 Å². The smallest absolute Gasteiger partial charge is 0.312 e. The molecule has 0 fully saturated rings. The van der Waals surface area contributed by atoms with E-state index >= 15 is 0 Å². The predicted octanol–water partition coefficient (Wildman–Crippen LogP) is 1.14. The molecule has 0 amide bonds. The zero-order valence-corrected chi connectivity index (χ0v) is 10.2.